The molecule has 9 rings (SSSR count). The van der Waals surface area contributed by atoms with Crippen LogP contribution in [-0.4, -0.2) is 27.6 Å². The molecule has 2 aliphatic heterocycles. The molecular formula is C41H35N3O2Pt. The molecule has 236 valence electrons. The van der Waals surface area contributed by atoms with Crippen molar-refractivity contribution in [2.75, 3.05) is 0 Å². The second-order valence-electron chi connectivity index (χ2n) is 13.6. The summed E-state index contributed by atoms with van der Waals surface area (Å²) in [6.45, 7) is 8.87. The second-order valence-corrected chi connectivity index (χ2v) is 13.6. The number of hydrogen-bond donors (Lipinski definition) is 0. The normalized spacial score (nSPS) is 19.0. The van der Waals surface area contributed by atoms with Gasteiger partial charge in [-0.3, -0.25) is 4.99 Å². The fraction of sp³-hybridized carbons (Fsp3) is 0.268. The fourth-order valence-corrected chi connectivity index (χ4v) is 7.79. The van der Waals surface area contributed by atoms with Gasteiger partial charge in [-0.1, -0.05) is 110 Å². The van der Waals surface area contributed by atoms with Gasteiger partial charge >= 0.3 is 21.1 Å². The summed E-state index contributed by atoms with van der Waals surface area (Å²) in [5, 5.41) is 2.37. The number of aliphatic imine (C=N–C) groups is 1. The third-order valence-electron chi connectivity index (χ3n) is 10.2. The van der Waals surface area contributed by atoms with E-state index in [1.165, 1.54) is 40.4 Å². The topological polar surface area (TPSA) is 48.6 Å². The maximum absolute atomic E-state index is 6.74. The first-order valence-corrected chi connectivity index (χ1v) is 16.4. The van der Waals surface area contributed by atoms with Crippen LogP contribution in [0.3, 0.4) is 0 Å². The molecule has 6 aromatic rings. The number of pyridine rings is 1. The zero-order chi connectivity index (χ0) is 31.2. The Kier molecular flexibility index (Phi) is 7.18. The fourth-order valence-electron chi connectivity index (χ4n) is 7.79. The number of benzene rings is 4. The van der Waals surface area contributed by atoms with Crippen molar-refractivity contribution < 1.29 is 30.5 Å². The van der Waals surface area contributed by atoms with Gasteiger partial charge in [0.2, 0.25) is 0 Å². The molecule has 1 saturated carbocycles. The third kappa shape index (κ3) is 4.77. The zero-order valence-corrected chi connectivity index (χ0v) is 29.2. The van der Waals surface area contributed by atoms with E-state index in [0.717, 1.165) is 51.8 Å². The van der Waals surface area contributed by atoms with E-state index in [4.69, 9.17) is 19.5 Å². The van der Waals surface area contributed by atoms with Crippen LogP contribution >= 0.6 is 0 Å². The van der Waals surface area contributed by atoms with E-state index in [2.05, 4.69) is 105 Å². The van der Waals surface area contributed by atoms with Crippen molar-refractivity contribution in [2.45, 2.75) is 70.9 Å². The van der Waals surface area contributed by atoms with Crippen molar-refractivity contribution in [1.29, 1.82) is 0 Å². The number of aryl methyl sites for hydroxylation is 2. The van der Waals surface area contributed by atoms with Crippen LogP contribution in [-0.2, 0) is 31.2 Å². The number of ether oxygens (including phenoxy) is 2. The minimum Gasteiger partial charge on any atom is -0.515 e. The summed E-state index contributed by atoms with van der Waals surface area (Å²) in [5.74, 6) is 2.91. The van der Waals surface area contributed by atoms with Gasteiger partial charge in [0.05, 0.1) is 6.04 Å². The van der Waals surface area contributed by atoms with Crippen LogP contribution in [0, 0.1) is 26.0 Å². The molecule has 0 amide bonds. The van der Waals surface area contributed by atoms with Gasteiger partial charge in [0.25, 0.3) is 0 Å². The molecule has 0 unspecified atom stereocenters. The van der Waals surface area contributed by atoms with Crippen LogP contribution in [0.4, 0.5) is 0 Å². The largest absolute Gasteiger partial charge is 2.00 e. The van der Waals surface area contributed by atoms with Gasteiger partial charge in [-0.05, 0) is 48.8 Å². The zero-order valence-electron chi connectivity index (χ0n) is 27.0. The average Bonchev–Trinajstić information content (AvgIpc) is 3.64. The van der Waals surface area contributed by atoms with Gasteiger partial charge in [-0.2, -0.15) is 6.07 Å². The minimum absolute atomic E-state index is 0. The van der Waals surface area contributed by atoms with Crippen LogP contribution < -0.4 is 4.74 Å². The van der Waals surface area contributed by atoms with Crippen LogP contribution in [0.15, 0.2) is 84.0 Å². The van der Waals surface area contributed by atoms with Crippen LogP contribution in [0.1, 0.15) is 67.3 Å². The number of hydrogen-bond acceptors (Lipinski definition) is 4. The molecule has 0 bridgehead atoms. The van der Waals surface area contributed by atoms with Gasteiger partial charge in [-0.25, -0.2) is 4.98 Å². The Morgan fingerprint density at radius 3 is 2.53 bits per heavy atom. The molecule has 1 fully saturated rings. The van der Waals surface area contributed by atoms with Gasteiger partial charge in [0.15, 0.2) is 0 Å². The first kappa shape index (κ1) is 30.1. The van der Waals surface area contributed by atoms with Crippen molar-refractivity contribution in [2.24, 2.45) is 4.99 Å². The Bertz CT molecular complexity index is 2230. The summed E-state index contributed by atoms with van der Waals surface area (Å²) in [6, 6.07) is 33.1. The van der Waals surface area contributed by atoms with Crippen molar-refractivity contribution in [3.05, 3.63) is 119 Å². The van der Waals surface area contributed by atoms with Crippen LogP contribution in [0.2, 0.25) is 0 Å². The molecule has 5 nitrogen and oxygen atoms in total. The Labute approximate surface area is 289 Å². The van der Waals surface area contributed by atoms with Crippen LogP contribution in [0.25, 0.3) is 38.8 Å². The maximum atomic E-state index is 6.74. The van der Waals surface area contributed by atoms with Crippen molar-refractivity contribution in [1.82, 2.24) is 9.55 Å². The molecule has 1 aliphatic carbocycles. The Balaban J connectivity index is 0.00000324. The standard InChI is InChI=1S/C41H35N3O2.Pt/c1-24-17-31-30-19-25(2)37(23-35(30)44-38(31)33(18-24)41(3,4)32-13-10-16-42-39(32)44)45-29-21-27(26-11-6-5-7-12-26)20-28(22-29)40-43-34-14-8-9-15-36(34)46-40;/h5-7,10-13,16-21,34,36H,8-9,14-15H2,1-4H3;/q-2;+2/t34-,36+;/m1./s1. The summed E-state index contributed by atoms with van der Waals surface area (Å²) in [6.07, 6.45) is 6.57. The number of nitrogens with zero attached hydrogens (tertiary/aromatic N) is 3. The molecule has 0 spiro atoms. The van der Waals surface area contributed by atoms with E-state index in [1.54, 1.807) is 0 Å². The third-order valence-corrected chi connectivity index (χ3v) is 10.2. The first-order chi connectivity index (χ1) is 22.3. The van der Waals surface area contributed by atoms with Gasteiger partial charge in [0, 0.05) is 34.2 Å². The minimum atomic E-state index is -0.182. The van der Waals surface area contributed by atoms with Gasteiger partial charge < -0.3 is 14.0 Å². The molecule has 3 aliphatic rings. The first-order valence-electron chi connectivity index (χ1n) is 16.4. The quantitative estimate of drug-likeness (QED) is 0.167. The van der Waals surface area contributed by atoms with E-state index in [9.17, 15) is 0 Å². The van der Waals surface area contributed by atoms with E-state index in [-0.39, 0.29) is 38.6 Å². The molecule has 4 heterocycles. The average molecular weight is 797 g/mol. The molecule has 4 aromatic carbocycles. The molecule has 0 N–H and O–H groups in total. The van der Waals surface area contributed by atoms with E-state index in [0.29, 0.717) is 17.4 Å². The monoisotopic (exact) mass is 796 g/mol. The van der Waals surface area contributed by atoms with Crippen molar-refractivity contribution in [3.63, 3.8) is 0 Å². The van der Waals surface area contributed by atoms with Gasteiger partial charge in [0.1, 0.15) is 17.8 Å². The van der Waals surface area contributed by atoms with Crippen molar-refractivity contribution in [3.8, 4) is 28.4 Å². The number of fused-ring (bicyclic) bond motifs is 6. The number of rotatable bonds is 4. The molecule has 0 saturated heterocycles. The summed E-state index contributed by atoms with van der Waals surface area (Å²) in [5.41, 5.74) is 9.71. The predicted molar refractivity (Wildman–Crippen MR) is 183 cm³/mol. The van der Waals surface area contributed by atoms with Gasteiger partial charge in [-0.15, -0.1) is 23.1 Å². The Hall–Kier alpha value is -4.21. The maximum Gasteiger partial charge on any atom is 2.00 e. The van der Waals surface area contributed by atoms with Crippen LogP contribution in [0.5, 0.6) is 11.5 Å². The summed E-state index contributed by atoms with van der Waals surface area (Å²) in [4.78, 5) is 9.93. The summed E-state index contributed by atoms with van der Waals surface area (Å²) in [7, 11) is 0. The smallest absolute Gasteiger partial charge is 0.515 e. The van der Waals surface area contributed by atoms with E-state index >= 15 is 0 Å². The predicted octanol–water partition coefficient (Wildman–Crippen LogP) is 9.58. The molecule has 2 aromatic heterocycles. The Morgan fingerprint density at radius 1 is 0.872 bits per heavy atom. The SMILES string of the molecule is Cc1cc2c3c(c1)c1cc(C)c(Oc4[c-]c(C5=N[C@@H]6CCCC[C@@H]6O5)cc(-c5ccccc5)c4)[c-]c1n3-c1ncccc1C2(C)C.[Pt+2]. The molecule has 6 heteroatoms. The Morgan fingerprint density at radius 2 is 1.70 bits per heavy atom. The molecular weight excluding hydrogens is 762 g/mol. The second kappa shape index (κ2) is 11.2. The molecule has 0 radical (unpaired) electrons. The summed E-state index contributed by atoms with van der Waals surface area (Å²) < 4.78 is 15.4. The summed E-state index contributed by atoms with van der Waals surface area (Å²) >= 11 is 0. The molecule has 47 heavy (non-hydrogen) atoms. The molecule has 2 atom stereocenters. The van der Waals surface area contributed by atoms with Crippen molar-refractivity contribution >= 4 is 27.7 Å². The number of aromatic nitrogens is 2. The van der Waals surface area contributed by atoms with E-state index < -0.39 is 0 Å². The van der Waals surface area contributed by atoms with E-state index in [1.807, 2.05) is 18.3 Å².